The van der Waals surface area contributed by atoms with Crippen molar-refractivity contribution in [2.75, 3.05) is 0 Å². The lowest BCUT2D eigenvalue weighted by Crippen LogP contribution is -2.25. The van der Waals surface area contributed by atoms with Crippen LogP contribution in [0.15, 0.2) is 0 Å². The van der Waals surface area contributed by atoms with E-state index in [0.29, 0.717) is 5.92 Å². The van der Waals surface area contributed by atoms with E-state index >= 15 is 0 Å². The van der Waals surface area contributed by atoms with Crippen molar-refractivity contribution in [3.8, 4) is 0 Å². The fourth-order valence-electron chi connectivity index (χ4n) is 2.49. The number of hydrogen-bond acceptors (Lipinski definition) is 2. The van der Waals surface area contributed by atoms with Crippen molar-refractivity contribution in [2.45, 2.75) is 39.0 Å². The SMILES string of the molecule is CC[C@@H]1CC[C@H]([C@H](CC(=O)O)C(=O)O)C1. The molecule has 0 aromatic carbocycles. The Labute approximate surface area is 89.3 Å². The van der Waals surface area contributed by atoms with E-state index in [-0.39, 0.29) is 12.3 Å². The van der Waals surface area contributed by atoms with Gasteiger partial charge in [0.15, 0.2) is 0 Å². The Morgan fingerprint density at radius 3 is 2.40 bits per heavy atom. The molecule has 86 valence electrons. The molecule has 0 spiro atoms. The van der Waals surface area contributed by atoms with Crippen molar-refractivity contribution in [3.63, 3.8) is 0 Å². The highest BCUT2D eigenvalue weighted by Crippen LogP contribution is 2.38. The van der Waals surface area contributed by atoms with Crippen LogP contribution in [0.5, 0.6) is 0 Å². The largest absolute Gasteiger partial charge is 0.481 e. The first-order valence-electron chi connectivity index (χ1n) is 5.49. The Bertz CT molecular complexity index is 249. The van der Waals surface area contributed by atoms with Crippen LogP contribution >= 0.6 is 0 Å². The minimum atomic E-state index is -1.01. The third-order valence-corrected chi connectivity index (χ3v) is 3.44. The molecule has 3 atom stereocenters. The van der Waals surface area contributed by atoms with Crippen LogP contribution in [-0.4, -0.2) is 22.2 Å². The number of rotatable bonds is 5. The molecule has 0 saturated heterocycles. The van der Waals surface area contributed by atoms with Gasteiger partial charge in [-0.05, 0) is 24.7 Å². The number of carboxylic acids is 2. The van der Waals surface area contributed by atoms with E-state index < -0.39 is 17.9 Å². The molecule has 0 radical (unpaired) electrons. The van der Waals surface area contributed by atoms with Gasteiger partial charge in [-0.15, -0.1) is 0 Å². The molecule has 0 amide bonds. The zero-order valence-corrected chi connectivity index (χ0v) is 8.98. The highest BCUT2D eigenvalue weighted by atomic mass is 16.4. The van der Waals surface area contributed by atoms with Crippen molar-refractivity contribution in [1.82, 2.24) is 0 Å². The van der Waals surface area contributed by atoms with Crippen LogP contribution in [0.1, 0.15) is 39.0 Å². The third kappa shape index (κ3) is 3.22. The maximum Gasteiger partial charge on any atom is 0.307 e. The van der Waals surface area contributed by atoms with Gasteiger partial charge in [0.2, 0.25) is 0 Å². The minimum absolute atomic E-state index is 0.0588. The lowest BCUT2D eigenvalue weighted by atomic mass is 9.87. The summed E-state index contributed by atoms with van der Waals surface area (Å²) in [7, 11) is 0. The fraction of sp³-hybridized carbons (Fsp3) is 0.818. The van der Waals surface area contributed by atoms with Gasteiger partial charge >= 0.3 is 11.9 Å². The second kappa shape index (κ2) is 5.14. The van der Waals surface area contributed by atoms with Gasteiger partial charge in [-0.2, -0.15) is 0 Å². The summed E-state index contributed by atoms with van der Waals surface area (Å²) >= 11 is 0. The van der Waals surface area contributed by atoms with Crippen LogP contribution in [0, 0.1) is 17.8 Å². The molecule has 0 aliphatic heterocycles. The van der Waals surface area contributed by atoms with Gasteiger partial charge in [0.05, 0.1) is 12.3 Å². The molecule has 1 aliphatic rings. The lowest BCUT2D eigenvalue weighted by Gasteiger charge is -2.17. The van der Waals surface area contributed by atoms with Crippen molar-refractivity contribution < 1.29 is 19.8 Å². The number of carboxylic acid groups (broad SMARTS) is 2. The second-order valence-electron chi connectivity index (χ2n) is 4.39. The van der Waals surface area contributed by atoms with Gasteiger partial charge in [-0.1, -0.05) is 19.8 Å². The quantitative estimate of drug-likeness (QED) is 0.733. The third-order valence-electron chi connectivity index (χ3n) is 3.44. The molecule has 1 saturated carbocycles. The molecule has 1 fully saturated rings. The van der Waals surface area contributed by atoms with E-state index in [4.69, 9.17) is 10.2 Å². The van der Waals surface area contributed by atoms with Crippen molar-refractivity contribution >= 4 is 11.9 Å². The topological polar surface area (TPSA) is 74.6 Å². The first-order valence-corrected chi connectivity index (χ1v) is 5.49. The molecule has 4 nitrogen and oxygen atoms in total. The molecule has 0 unspecified atom stereocenters. The summed E-state index contributed by atoms with van der Waals surface area (Å²) in [5, 5.41) is 17.6. The van der Waals surface area contributed by atoms with E-state index in [9.17, 15) is 9.59 Å². The molecular formula is C11H18O4. The normalized spacial score (nSPS) is 27.5. The number of carbonyl (C=O) groups is 2. The van der Waals surface area contributed by atoms with Crippen LogP contribution in [0.25, 0.3) is 0 Å². The summed E-state index contributed by atoms with van der Waals surface area (Å²) in [5.41, 5.74) is 0. The van der Waals surface area contributed by atoms with Crippen molar-refractivity contribution in [2.24, 2.45) is 17.8 Å². The maximum atomic E-state index is 11.0. The predicted molar refractivity (Wildman–Crippen MR) is 54.5 cm³/mol. The highest BCUT2D eigenvalue weighted by molar-refractivity contribution is 5.78. The monoisotopic (exact) mass is 214 g/mol. The molecule has 4 heteroatoms. The zero-order valence-electron chi connectivity index (χ0n) is 8.98. The van der Waals surface area contributed by atoms with Crippen molar-refractivity contribution in [1.29, 1.82) is 0 Å². The van der Waals surface area contributed by atoms with E-state index in [1.807, 2.05) is 0 Å². The Kier molecular flexibility index (Phi) is 4.12. The average Bonchev–Trinajstić information content (AvgIpc) is 2.61. The molecule has 0 heterocycles. The van der Waals surface area contributed by atoms with Crippen LogP contribution in [-0.2, 0) is 9.59 Å². The van der Waals surface area contributed by atoms with Gasteiger partial charge in [-0.3, -0.25) is 9.59 Å². The standard InChI is InChI=1S/C11H18O4/c1-2-7-3-4-8(5-7)9(11(14)15)6-10(12)13/h7-9H,2-6H2,1H3,(H,12,13)(H,14,15)/t7-,8+,9+/m1/s1. The number of aliphatic carboxylic acids is 2. The first-order chi connectivity index (χ1) is 7.04. The Balaban J connectivity index is 2.57. The second-order valence-corrected chi connectivity index (χ2v) is 4.39. The zero-order chi connectivity index (χ0) is 11.4. The van der Waals surface area contributed by atoms with Gasteiger partial charge in [0.1, 0.15) is 0 Å². The molecule has 1 aliphatic carbocycles. The summed E-state index contributed by atoms with van der Waals surface area (Å²) in [6, 6.07) is 0. The molecule has 1 rings (SSSR count). The van der Waals surface area contributed by atoms with Crippen LogP contribution < -0.4 is 0 Å². The molecular weight excluding hydrogens is 196 g/mol. The molecule has 0 bridgehead atoms. The minimum Gasteiger partial charge on any atom is -0.481 e. The van der Waals surface area contributed by atoms with E-state index in [2.05, 4.69) is 6.92 Å². The molecule has 0 aromatic rings. The molecule has 15 heavy (non-hydrogen) atoms. The lowest BCUT2D eigenvalue weighted by molar-refractivity contribution is -0.150. The summed E-state index contributed by atoms with van der Waals surface area (Å²) in [6.07, 6.45) is 3.61. The Morgan fingerprint density at radius 1 is 1.33 bits per heavy atom. The Hall–Kier alpha value is -1.06. The summed E-state index contributed by atoms with van der Waals surface area (Å²) < 4.78 is 0. The summed E-state index contributed by atoms with van der Waals surface area (Å²) in [6.45, 7) is 2.10. The first kappa shape index (κ1) is 12.0. The van der Waals surface area contributed by atoms with E-state index in [0.717, 1.165) is 25.7 Å². The van der Waals surface area contributed by atoms with E-state index in [1.165, 1.54) is 0 Å². The van der Waals surface area contributed by atoms with Crippen LogP contribution in [0.4, 0.5) is 0 Å². The molecule has 2 N–H and O–H groups in total. The maximum absolute atomic E-state index is 11.0. The number of hydrogen-bond donors (Lipinski definition) is 2. The Morgan fingerprint density at radius 2 is 2.00 bits per heavy atom. The smallest absolute Gasteiger partial charge is 0.307 e. The van der Waals surface area contributed by atoms with E-state index in [1.54, 1.807) is 0 Å². The van der Waals surface area contributed by atoms with Gasteiger partial charge in [0, 0.05) is 0 Å². The van der Waals surface area contributed by atoms with Crippen LogP contribution in [0.3, 0.4) is 0 Å². The van der Waals surface area contributed by atoms with Gasteiger partial charge in [-0.25, -0.2) is 0 Å². The van der Waals surface area contributed by atoms with Crippen LogP contribution in [0.2, 0.25) is 0 Å². The van der Waals surface area contributed by atoms with Crippen molar-refractivity contribution in [3.05, 3.63) is 0 Å². The molecule has 0 aromatic heterocycles. The highest BCUT2D eigenvalue weighted by Gasteiger charge is 2.35. The fourth-order valence-corrected chi connectivity index (χ4v) is 2.49. The summed E-state index contributed by atoms with van der Waals surface area (Å²) in [5.74, 6) is -2.02. The van der Waals surface area contributed by atoms with Gasteiger partial charge in [0.25, 0.3) is 0 Å². The summed E-state index contributed by atoms with van der Waals surface area (Å²) in [4.78, 5) is 21.5. The average molecular weight is 214 g/mol. The van der Waals surface area contributed by atoms with Gasteiger partial charge < -0.3 is 10.2 Å². The predicted octanol–water partition coefficient (Wildman–Crippen LogP) is 1.99.